The van der Waals surface area contributed by atoms with Gasteiger partial charge in [0.25, 0.3) is 5.56 Å². The summed E-state index contributed by atoms with van der Waals surface area (Å²) in [6.45, 7) is 2.02. The lowest BCUT2D eigenvalue weighted by Crippen LogP contribution is -2.22. The summed E-state index contributed by atoms with van der Waals surface area (Å²) in [6, 6.07) is 32.8. The Bertz CT molecular complexity index is 1500. The second kappa shape index (κ2) is 8.97. The number of aryl methyl sites for hydroxylation is 1. The Kier molecular flexibility index (Phi) is 5.56. The lowest BCUT2D eigenvalue weighted by atomic mass is 10.1. The van der Waals surface area contributed by atoms with Crippen LogP contribution in [0.1, 0.15) is 17.0 Å². The zero-order chi connectivity index (χ0) is 22.6. The monoisotopic (exact) mass is 430 g/mol. The quantitative estimate of drug-likeness (QED) is 0.313. The number of hydrogen-bond acceptors (Lipinski definition) is 3. The molecule has 160 valence electrons. The highest BCUT2D eigenvalue weighted by molar-refractivity contribution is 5.80. The lowest BCUT2D eigenvalue weighted by molar-refractivity contribution is 0.482. The van der Waals surface area contributed by atoms with E-state index in [1.165, 1.54) is 0 Å². The maximum atomic E-state index is 13.4. The second-order valence-corrected chi connectivity index (χ2v) is 7.78. The van der Waals surface area contributed by atoms with Gasteiger partial charge in [-0.15, -0.1) is 0 Å². The van der Waals surface area contributed by atoms with E-state index >= 15 is 0 Å². The topological polar surface area (TPSA) is 44.1 Å². The van der Waals surface area contributed by atoms with E-state index in [2.05, 4.69) is 0 Å². The van der Waals surface area contributed by atoms with Crippen LogP contribution in [0.25, 0.3) is 28.7 Å². The van der Waals surface area contributed by atoms with E-state index < -0.39 is 0 Å². The van der Waals surface area contributed by atoms with Crippen molar-refractivity contribution in [3.8, 4) is 17.2 Å². The molecule has 5 aromatic rings. The molecule has 0 spiro atoms. The van der Waals surface area contributed by atoms with Crippen LogP contribution in [0.3, 0.4) is 0 Å². The van der Waals surface area contributed by atoms with E-state index in [0.29, 0.717) is 16.7 Å². The molecule has 4 heteroatoms. The molecule has 0 saturated carbocycles. The molecular weight excluding hydrogens is 408 g/mol. The molecule has 0 N–H and O–H groups in total. The molecular formula is C29H22N2O2. The zero-order valence-corrected chi connectivity index (χ0v) is 18.2. The van der Waals surface area contributed by atoms with Crippen LogP contribution in [-0.2, 0) is 0 Å². The molecule has 0 bridgehead atoms. The molecule has 5 rings (SSSR count). The molecule has 0 amide bonds. The van der Waals surface area contributed by atoms with Crippen molar-refractivity contribution in [2.45, 2.75) is 6.92 Å². The second-order valence-electron chi connectivity index (χ2n) is 7.78. The predicted molar refractivity (Wildman–Crippen MR) is 134 cm³/mol. The average Bonchev–Trinajstić information content (AvgIpc) is 2.85. The molecule has 0 saturated heterocycles. The van der Waals surface area contributed by atoms with Gasteiger partial charge >= 0.3 is 0 Å². The number of benzene rings is 4. The van der Waals surface area contributed by atoms with Gasteiger partial charge in [0.05, 0.1) is 16.6 Å². The Labute approximate surface area is 192 Å². The Morgan fingerprint density at radius 2 is 1.48 bits per heavy atom. The molecule has 1 heterocycles. The van der Waals surface area contributed by atoms with E-state index in [1.54, 1.807) is 4.57 Å². The summed E-state index contributed by atoms with van der Waals surface area (Å²) in [5, 5.41) is 0.591. The smallest absolute Gasteiger partial charge is 0.266 e. The number of hydrogen-bond donors (Lipinski definition) is 0. The van der Waals surface area contributed by atoms with Crippen LogP contribution in [0.4, 0.5) is 0 Å². The minimum absolute atomic E-state index is 0.0923. The third kappa shape index (κ3) is 4.46. The van der Waals surface area contributed by atoms with Gasteiger partial charge in [-0.1, -0.05) is 66.2 Å². The molecule has 0 unspecified atom stereocenters. The van der Waals surface area contributed by atoms with Crippen LogP contribution in [0.5, 0.6) is 11.5 Å². The lowest BCUT2D eigenvalue weighted by Gasteiger charge is -2.12. The standard InChI is InChI=1S/C29H22N2O2/c1-21-14-17-23(18-15-21)31-28(30-27-13-6-5-12-26(27)29(31)32)19-16-22-8-7-11-25(20-22)33-24-9-3-2-4-10-24/h2-20H,1H3/b19-16+. The summed E-state index contributed by atoms with van der Waals surface area (Å²) in [5.74, 6) is 2.09. The molecule has 0 radical (unpaired) electrons. The molecule has 0 aliphatic carbocycles. The van der Waals surface area contributed by atoms with Crippen LogP contribution >= 0.6 is 0 Å². The van der Waals surface area contributed by atoms with Gasteiger partial charge in [0.1, 0.15) is 17.3 Å². The molecule has 33 heavy (non-hydrogen) atoms. The molecule has 0 fully saturated rings. The summed E-state index contributed by atoms with van der Waals surface area (Å²) in [7, 11) is 0. The molecule has 1 aromatic heterocycles. The highest BCUT2D eigenvalue weighted by atomic mass is 16.5. The van der Waals surface area contributed by atoms with Gasteiger partial charge in [-0.3, -0.25) is 9.36 Å². The molecule has 0 aliphatic heterocycles. The number of ether oxygens (including phenoxy) is 1. The predicted octanol–water partition coefficient (Wildman–Crippen LogP) is 6.66. The van der Waals surface area contributed by atoms with Gasteiger partial charge in [0, 0.05) is 0 Å². The fraction of sp³-hybridized carbons (Fsp3) is 0.0345. The highest BCUT2D eigenvalue weighted by Gasteiger charge is 2.11. The summed E-state index contributed by atoms with van der Waals surface area (Å²) in [4.78, 5) is 18.2. The third-order valence-corrected chi connectivity index (χ3v) is 5.36. The molecule has 0 atom stereocenters. The normalized spacial score (nSPS) is 11.2. The van der Waals surface area contributed by atoms with Crippen LogP contribution in [0.15, 0.2) is 108 Å². The SMILES string of the molecule is Cc1ccc(-n2c(/C=C/c3cccc(Oc4ccccc4)c3)nc3ccccc3c2=O)cc1. The van der Waals surface area contributed by atoms with Crippen molar-refractivity contribution in [3.05, 3.63) is 130 Å². The number of fused-ring (bicyclic) bond motifs is 1. The van der Waals surface area contributed by atoms with Crippen molar-refractivity contribution in [2.24, 2.45) is 0 Å². The van der Waals surface area contributed by atoms with Crippen LogP contribution < -0.4 is 10.3 Å². The molecule has 4 aromatic carbocycles. The Morgan fingerprint density at radius 3 is 2.30 bits per heavy atom. The first-order valence-electron chi connectivity index (χ1n) is 10.8. The summed E-state index contributed by atoms with van der Waals surface area (Å²) < 4.78 is 7.60. The van der Waals surface area contributed by atoms with E-state index in [-0.39, 0.29) is 5.56 Å². The maximum absolute atomic E-state index is 13.4. The average molecular weight is 431 g/mol. The third-order valence-electron chi connectivity index (χ3n) is 5.36. The van der Waals surface area contributed by atoms with E-state index in [9.17, 15) is 4.79 Å². The Morgan fingerprint density at radius 1 is 0.758 bits per heavy atom. The van der Waals surface area contributed by atoms with Crippen LogP contribution in [0, 0.1) is 6.92 Å². The first-order chi connectivity index (χ1) is 16.2. The van der Waals surface area contributed by atoms with Crippen molar-refractivity contribution < 1.29 is 4.74 Å². The van der Waals surface area contributed by atoms with Gasteiger partial charge in [-0.25, -0.2) is 4.98 Å². The van der Waals surface area contributed by atoms with E-state index in [1.807, 2.05) is 122 Å². The number of aromatic nitrogens is 2. The van der Waals surface area contributed by atoms with E-state index in [0.717, 1.165) is 28.3 Å². The van der Waals surface area contributed by atoms with Gasteiger partial charge in [0.15, 0.2) is 0 Å². The van der Waals surface area contributed by atoms with Gasteiger partial charge in [-0.2, -0.15) is 0 Å². The van der Waals surface area contributed by atoms with Crippen molar-refractivity contribution in [1.29, 1.82) is 0 Å². The Hall–Kier alpha value is -4.44. The van der Waals surface area contributed by atoms with Crippen LogP contribution in [0.2, 0.25) is 0 Å². The summed E-state index contributed by atoms with van der Waals surface area (Å²) in [6.07, 6.45) is 3.81. The molecule has 0 aliphatic rings. The highest BCUT2D eigenvalue weighted by Crippen LogP contribution is 2.23. The fourth-order valence-corrected chi connectivity index (χ4v) is 3.68. The van der Waals surface area contributed by atoms with E-state index in [4.69, 9.17) is 9.72 Å². The largest absolute Gasteiger partial charge is 0.457 e. The summed E-state index contributed by atoms with van der Waals surface area (Å²) >= 11 is 0. The first-order valence-corrected chi connectivity index (χ1v) is 10.8. The van der Waals surface area contributed by atoms with Crippen molar-refractivity contribution in [3.63, 3.8) is 0 Å². The number of rotatable bonds is 5. The Balaban J connectivity index is 1.56. The number of para-hydroxylation sites is 2. The van der Waals surface area contributed by atoms with Gasteiger partial charge in [0.2, 0.25) is 0 Å². The fourth-order valence-electron chi connectivity index (χ4n) is 3.68. The summed E-state index contributed by atoms with van der Waals surface area (Å²) in [5.41, 5.74) is 3.44. The van der Waals surface area contributed by atoms with Crippen LogP contribution in [-0.4, -0.2) is 9.55 Å². The maximum Gasteiger partial charge on any atom is 0.266 e. The first kappa shape index (κ1) is 20.5. The van der Waals surface area contributed by atoms with Crippen molar-refractivity contribution in [2.75, 3.05) is 0 Å². The van der Waals surface area contributed by atoms with Crippen molar-refractivity contribution >= 4 is 23.1 Å². The van der Waals surface area contributed by atoms with Gasteiger partial charge < -0.3 is 4.74 Å². The van der Waals surface area contributed by atoms with Gasteiger partial charge in [-0.05, 0) is 67.1 Å². The molecule has 4 nitrogen and oxygen atoms in total. The number of nitrogens with zero attached hydrogens (tertiary/aromatic N) is 2. The minimum atomic E-state index is -0.0923. The zero-order valence-electron chi connectivity index (χ0n) is 18.2. The minimum Gasteiger partial charge on any atom is -0.457 e. The van der Waals surface area contributed by atoms with Crippen molar-refractivity contribution in [1.82, 2.24) is 9.55 Å².